The van der Waals surface area contributed by atoms with Crippen molar-refractivity contribution in [2.75, 3.05) is 0 Å². The minimum Gasteiger partial charge on any atom is -0.0617 e. The SMILES string of the molecule is Cc1cc(C)c(C)cc1C.Cc1ccc(C)c(C)c1.Cc1cccc(C)c1. The van der Waals surface area contributed by atoms with E-state index in [1.165, 1.54) is 50.1 Å². The van der Waals surface area contributed by atoms with Crippen LogP contribution in [0.3, 0.4) is 0 Å². The number of hydrogen-bond donors (Lipinski definition) is 0. The maximum Gasteiger partial charge on any atom is -0.0395 e. The van der Waals surface area contributed by atoms with Crippen LogP contribution >= 0.6 is 0 Å². The van der Waals surface area contributed by atoms with Crippen molar-refractivity contribution in [1.82, 2.24) is 0 Å². The Morgan fingerprint density at radius 3 is 1.00 bits per heavy atom. The monoisotopic (exact) mass is 360 g/mol. The van der Waals surface area contributed by atoms with Gasteiger partial charge in [0.2, 0.25) is 0 Å². The fraction of sp³-hybridized carbons (Fsp3) is 0.333. The maximum atomic E-state index is 2.24. The topological polar surface area (TPSA) is 0 Å². The summed E-state index contributed by atoms with van der Waals surface area (Å²) >= 11 is 0. The van der Waals surface area contributed by atoms with Gasteiger partial charge in [0, 0.05) is 0 Å². The van der Waals surface area contributed by atoms with Gasteiger partial charge in [-0.3, -0.25) is 0 Å². The highest BCUT2D eigenvalue weighted by Crippen LogP contribution is 2.13. The Labute approximate surface area is 167 Å². The van der Waals surface area contributed by atoms with E-state index in [1.54, 1.807) is 0 Å². The zero-order chi connectivity index (χ0) is 20.6. The van der Waals surface area contributed by atoms with E-state index < -0.39 is 0 Å². The van der Waals surface area contributed by atoms with E-state index in [0.29, 0.717) is 0 Å². The van der Waals surface area contributed by atoms with Gasteiger partial charge in [0.1, 0.15) is 0 Å². The van der Waals surface area contributed by atoms with E-state index >= 15 is 0 Å². The van der Waals surface area contributed by atoms with Gasteiger partial charge >= 0.3 is 0 Å². The van der Waals surface area contributed by atoms with E-state index in [9.17, 15) is 0 Å². The van der Waals surface area contributed by atoms with Crippen molar-refractivity contribution in [3.8, 4) is 0 Å². The third-order valence-electron chi connectivity index (χ3n) is 4.95. The molecule has 0 aliphatic heterocycles. The second-order valence-corrected chi connectivity index (χ2v) is 7.77. The molecule has 0 N–H and O–H groups in total. The first-order valence-corrected chi connectivity index (χ1v) is 9.71. The minimum atomic E-state index is 1.34. The lowest BCUT2D eigenvalue weighted by atomic mass is 10.0. The number of hydrogen-bond acceptors (Lipinski definition) is 0. The first-order chi connectivity index (χ1) is 12.6. The van der Waals surface area contributed by atoms with Crippen LogP contribution in [0.5, 0.6) is 0 Å². The molecule has 0 nitrogen and oxygen atoms in total. The van der Waals surface area contributed by atoms with Gasteiger partial charge in [-0.25, -0.2) is 0 Å². The molecule has 0 saturated carbocycles. The molecule has 0 spiro atoms. The standard InChI is InChI=1S/C10H14.C9H12.C8H10/c1-7-5-9(3)10(4)6-8(7)2;1-7-4-5-8(2)9(3)6-7;1-7-4-3-5-8(2)6-7/h5-6H,1-4H3;4-6H,1-3H3;3-6H,1-2H3. The van der Waals surface area contributed by atoms with Crippen LogP contribution in [0.4, 0.5) is 0 Å². The predicted octanol–water partition coefficient (Wildman–Crippen LogP) is 7.84. The first-order valence-electron chi connectivity index (χ1n) is 9.71. The van der Waals surface area contributed by atoms with Crippen molar-refractivity contribution in [3.05, 3.63) is 105 Å². The van der Waals surface area contributed by atoms with Crippen molar-refractivity contribution in [2.24, 2.45) is 0 Å². The van der Waals surface area contributed by atoms with Crippen LogP contribution in [-0.2, 0) is 0 Å². The molecule has 0 aliphatic rings. The fourth-order valence-corrected chi connectivity index (χ4v) is 2.80. The molecular weight excluding hydrogens is 324 g/mol. The van der Waals surface area contributed by atoms with Gasteiger partial charge in [-0.05, 0) is 95.7 Å². The Hall–Kier alpha value is -2.34. The third kappa shape index (κ3) is 8.26. The molecule has 0 aromatic heterocycles. The van der Waals surface area contributed by atoms with Gasteiger partial charge in [-0.15, -0.1) is 0 Å². The highest BCUT2D eigenvalue weighted by molar-refractivity contribution is 5.35. The lowest BCUT2D eigenvalue weighted by Gasteiger charge is -2.04. The molecule has 0 atom stereocenters. The number of benzene rings is 3. The van der Waals surface area contributed by atoms with Crippen LogP contribution in [0.15, 0.2) is 54.6 Å². The molecule has 0 unspecified atom stereocenters. The van der Waals surface area contributed by atoms with Crippen LogP contribution in [0, 0.1) is 62.3 Å². The van der Waals surface area contributed by atoms with E-state index in [1.807, 2.05) is 0 Å². The van der Waals surface area contributed by atoms with Gasteiger partial charge < -0.3 is 0 Å². The number of aryl methyl sites for hydroxylation is 9. The minimum absolute atomic E-state index is 1.34. The lowest BCUT2D eigenvalue weighted by Crippen LogP contribution is -1.86. The summed E-state index contributed by atoms with van der Waals surface area (Å²) in [5.41, 5.74) is 12.3. The molecule has 144 valence electrons. The molecule has 0 radical (unpaired) electrons. The molecule has 0 heteroatoms. The molecular formula is C27H36. The Balaban J connectivity index is 0.000000204. The molecule has 0 amide bonds. The van der Waals surface area contributed by atoms with Crippen LogP contribution in [0.2, 0.25) is 0 Å². The summed E-state index contributed by atoms with van der Waals surface area (Å²) in [4.78, 5) is 0. The lowest BCUT2D eigenvalue weighted by molar-refractivity contribution is 1.24. The van der Waals surface area contributed by atoms with Gasteiger partial charge in [-0.1, -0.05) is 71.3 Å². The second kappa shape index (κ2) is 10.7. The molecule has 0 heterocycles. The quantitative estimate of drug-likeness (QED) is 0.383. The van der Waals surface area contributed by atoms with Gasteiger partial charge in [0.25, 0.3) is 0 Å². The van der Waals surface area contributed by atoms with Gasteiger partial charge in [-0.2, -0.15) is 0 Å². The average molecular weight is 361 g/mol. The van der Waals surface area contributed by atoms with Crippen molar-refractivity contribution >= 4 is 0 Å². The average Bonchev–Trinajstić information content (AvgIpc) is 2.58. The summed E-state index contributed by atoms with van der Waals surface area (Å²) in [7, 11) is 0. The number of rotatable bonds is 0. The van der Waals surface area contributed by atoms with Crippen molar-refractivity contribution in [2.45, 2.75) is 62.3 Å². The largest absolute Gasteiger partial charge is 0.0617 e. The van der Waals surface area contributed by atoms with E-state index in [4.69, 9.17) is 0 Å². The normalized spacial score (nSPS) is 9.67. The molecule has 0 saturated heterocycles. The predicted molar refractivity (Wildman–Crippen MR) is 122 cm³/mol. The summed E-state index contributed by atoms with van der Waals surface area (Å²) in [6.07, 6.45) is 0. The van der Waals surface area contributed by atoms with Crippen LogP contribution in [0.1, 0.15) is 50.1 Å². The van der Waals surface area contributed by atoms with Crippen LogP contribution in [0.25, 0.3) is 0 Å². The van der Waals surface area contributed by atoms with Crippen molar-refractivity contribution in [1.29, 1.82) is 0 Å². The second-order valence-electron chi connectivity index (χ2n) is 7.77. The van der Waals surface area contributed by atoms with Gasteiger partial charge in [0.15, 0.2) is 0 Å². The van der Waals surface area contributed by atoms with E-state index in [-0.39, 0.29) is 0 Å². The summed E-state index contributed by atoms with van der Waals surface area (Å²) < 4.78 is 0. The van der Waals surface area contributed by atoms with Crippen LogP contribution in [-0.4, -0.2) is 0 Å². The van der Waals surface area contributed by atoms with Crippen molar-refractivity contribution in [3.63, 3.8) is 0 Å². The zero-order valence-corrected chi connectivity index (χ0v) is 18.7. The van der Waals surface area contributed by atoms with Crippen molar-refractivity contribution < 1.29 is 0 Å². The van der Waals surface area contributed by atoms with E-state index in [0.717, 1.165) is 0 Å². The third-order valence-corrected chi connectivity index (χ3v) is 4.95. The summed E-state index contributed by atoms with van der Waals surface area (Å²) in [6.45, 7) is 19.2. The summed E-state index contributed by atoms with van der Waals surface area (Å²) in [6, 6.07) is 19.4. The fourth-order valence-electron chi connectivity index (χ4n) is 2.80. The Morgan fingerprint density at radius 1 is 0.333 bits per heavy atom. The zero-order valence-electron chi connectivity index (χ0n) is 18.7. The Kier molecular flexibility index (Phi) is 9.02. The summed E-state index contributed by atoms with van der Waals surface area (Å²) in [5, 5.41) is 0. The molecule has 3 rings (SSSR count). The maximum absolute atomic E-state index is 2.24. The van der Waals surface area contributed by atoms with Crippen LogP contribution < -0.4 is 0 Å². The smallest absolute Gasteiger partial charge is 0.0395 e. The molecule has 0 aliphatic carbocycles. The molecule has 0 fully saturated rings. The van der Waals surface area contributed by atoms with E-state index in [2.05, 4.69) is 117 Å². The molecule has 3 aromatic carbocycles. The highest BCUT2D eigenvalue weighted by Gasteiger charge is 1.95. The molecule has 0 bridgehead atoms. The Morgan fingerprint density at radius 2 is 0.704 bits per heavy atom. The molecule has 27 heavy (non-hydrogen) atoms. The molecule has 3 aromatic rings. The highest BCUT2D eigenvalue weighted by atomic mass is 14.0. The summed E-state index contributed by atoms with van der Waals surface area (Å²) in [5.74, 6) is 0. The first kappa shape index (κ1) is 22.7. The van der Waals surface area contributed by atoms with Gasteiger partial charge in [0.05, 0.1) is 0 Å². The Bertz CT molecular complexity index is 802.